The molecule has 1 rings (SSSR count). The fraction of sp³-hybridized carbons (Fsp3) is 0.500. The summed E-state index contributed by atoms with van der Waals surface area (Å²) in [7, 11) is 1.58. The van der Waals surface area contributed by atoms with Gasteiger partial charge in [-0.3, -0.25) is 4.79 Å². The third kappa shape index (κ3) is 3.97. The SMILES string of the molecule is COCC(C)(C)NC(=O)c1ccc(NN)nn1. The number of nitrogens with zero attached hydrogens (tertiary/aromatic N) is 2. The van der Waals surface area contributed by atoms with Crippen molar-refractivity contribution in [1.82, 2.24) is 15.5 Å². The van der Waals surface area contributed by atoms with Crippen LogP contribution in [0.15, 0.2) is 12.1 Å². The lowest BCUT2D eigenvalue weighted by atomic mass is 10.1. The molecule has 1 aromatic rings. The first-order valence-corrected chi connectivity index (χ1v) is 5.10. The summed E-state index contributed by atoms with van der Waals surface area (Å²) in [6, 6.07) is 3.12. The zero-order chi connectivity index (χ0) is 12.9. The van der Waals surface area contributed by atoms with Crippen LogP contribution >= 0.6 is 0 Å². The predicted octanol–water partition coefficient (Wildman–Crippen LogP) is -0.0830. The lowest BCUT2D eigenvalue weighted by Gasteiger charge is -2.24. The van der Waals surface area contributed by atoms with Crippen molar-refractivity contribution >= 4 is 11.7 Å². The number of nitrogens with one attached hydrogen (secondary N) is 2. The molecule has 7 heteroatoms. The number of aromatic nitrogens is 2. The second-order valence-corrected chi connectivity index (χ2v) is 4.22. The van der Waals surface area contributed by atoms with Crippen LogP contribution in [0, 0.1) is 0 Å². The van der Waals surface area contributed by atoms with E-state index in [1.54, 1.807) is 19.2 Å². The minimum absolute atomic E-state index is 0.230. The van der Waals surface area contributed by atoms with Gasteiger partial charge < -0.3 is 15.5 Å². The van der Waals surface area contributed by atoms with E-state index < -0.39 is 5.54 Å². The molecule has 0 atom stereocenters. The minimum atomic E-state index is -0.460. The fourth-order valence-electron chi connectivity index (χ4n) is 1.30. The van der Waals surface area contributed by atoms with E-state index >= 15 is 0 Å². The number of carbonyl (C=O) groups is 1. The highest BCUT2D eigenvalue weighted by atomic mass is 16.5. The summed E-state index contributed by atoms with van der Waals surface area (Å²) in [4.78, 5) is 11.8. The van der Waals surface area contributed by atoms with Crippen LogP contribution in [-0.2, 0) is 4.74 Å². The molecule has 0 spiro atoms. The maximum atomic E-state index is 11.8. The number of carbonyl (C=O) groups excluding carboxylic acids is 1. The Kier molecular flexibility index (Phi) is 4.36. The summed E-state index contributed by atoms with van der Waals surface area (Å²) >= 11 is 0. The summed E-state index contributed by atoms with van der Waals surface area (Å²) in [5.74, 6) is 5.25. The highest BCUT2D eigenvalue weighted by molar-refractivity contribution is 5.92. The average Bonchev–Trinajstić information content (AvgIpc) is 2.28. The van der Waals surface area contributed by atoms with Crippen LogP contribution in [0.2, 0.25) is 0 Å². The first-order valence-electron chi connectivity index (χ1n) is 5.10. The van der Waals surface area contributed by atoms with Crippen LogP contribution in [0.3, 0.4) is 0 Å². The van der Waals surface area contributed by atoms with Crippen LogP contribution in [0.5, 0.6) is 0 Å². The van der Waals surface area contributed by atoms with Gasteiger partial charge in [-0.2, -0.15) is 0 Å². The van der Waals surface area contributed by atoms with Crippen LogP contribution in [0.25, 0.3) is 0 Å². The molecule has 94 valence electrons. The van der Waals surface area contributed by atoms with Gasteiger partial charge >= 0.3 is 0 Å². The van der Waals surface area contributed by atoms with E-state index in [0.29, 0.717) is 12.4 Å². The first-order chi connectivity index (χ1) is 7.98. The number of rotatable bonds is 5. The van der Waals surface area contributed by atoms with Gasteiger partial charge in [0.1, 0.15) is 0 Å². The normalized spacial score (nSPS) is 11.1. The summed E-state index contributed by atoms with van der Waals surface area (Å²) in [6.07, 6.45) is 0. The molecular formula is C10H17N5O2. The number of amides is 1. The van der Waals surface area contributed by atoms with Crippen LogP contribution < -0.4 is 16.6 Å². The topological polar surface area (TPSA) is 102 Å². The molecule has 0 aliphatic heterocycles. The molecule has 0 saturated carbocycles. The molecular weight excluding hydrogens is 222 g/mol. The van der Waals surface area contributed by atoms with Crippen molar-refractivity contribution < 1.29 is 9.53 Å². The zero-order valence-electron chi connectivity index (χ0n) is 10.2. The number of nitrogens with two attached hydrogens (primary N) is 1. The van der Waals surface area contributed by atoms with E-state index in [-0.39, 0.29) is 11.6 Å². The van der Waals surface area contributed by atoms with Crippen molar-refractivity contribution in [2.24, 2.45) is 5.84 Å². The molecule has 0 bridgehead atoms. The Balaban J connectivity index is 2.69. The molecule has 0 radical (unpaired) electrons. The van der Waals surface area contributed by atoms with Crippen molar-refractivity contribution in [3.63, 3.8) is 0 Å². The van der Waals surface area contributed by atoms with Crippen molar-refractivity contribution in [3.8, 4) is 0 Å². The van der Waals surface area contributed by atoms with E-state index in [9.17, 15) is 4.79 Å². The van der Waals surface area contributed by atoms with E-state index in [4.69, 9.17) is 10.6 Å². The average molecular weight is 239 g/mol. The Hall–Kier alpha value is -1.73. The van der Waals surface area contributed by atoms with Crippen molar-refractivity contribution in [2.45, 2.75) is 19.4 Å². The molecule has 0 unspecified atom stereocenters. The fourth-order valence-corrected chi connectivity index (χ4v) is 1.30. The van der Waals surface area contributed by atoms with Gasteiger partial charge in [-0.15, -0.1) is 10.2 Å². The Bertz CT molecular complexity index is 377. The van der Waals surface area contributed by atoms with Gasteiger partial charge in [0.25, 0.3) is 5.91 Å². The van der Waals surface area contributed by atoms with Crippen LogP contribution in [-0.4, -0.2) is 35.4 Å². The highest BCUT2D eigenvalue weighted by Gasteiger charge is 2.21. The van der Waals surface area contributed by atoms with Gasteiger partial charge in [0.05, 0.1) is 12.1 Å². The number of hydrazine groups is 1. The monoisotopic (exact) mass is 239 g/mol. The van der Waals surface area contributed by atoms with Gasteiger partial charge in [-0.1, -0.05) is 0 Å². The summed E-state index contributed by atoms with van der Waals surface area (Å²) in [5, 5.41) is 10.3. The van der Waals surface area contributed by atoms with Gasteiger partial charge in [0.15, 0.2) is 11.5 Å². The molecule has 1 heterocycles. The number of anilines is 1. The Morgan fingerprint density at radius 2 is 2.18 bits per heavy atom. The standard InChI is InChI=1S/C10H17N5O2/c1-10(2,6-17-3)12-9(16)7-4-5-8(13-11)15-14-7/h4-5H,6,11H2,1-3H3,(H,12,16)(H,13,15). The third-order valence-electron chi connectivity index (χ3n) is 2.00. The molecule has 0 aliphatic carbocycles. The number of ether oxygens (including phenoxy) is 1. The van der Waals surface area contributed by atoms with E-state index in [2.05, 4.69) is 20.9 Å². The molecule has 0 aromatic carbocycles. The van der Waals surface area contributed by atoms with Crippen molar-refractivity contribution in [1.29, 1.82) is 0 Å². The van der Waals surface area contributed by atoms with Gasteiger partial charge in [0, 0.05) is 7.11 Å². The quantitative estimate of drug-likeness (QED) is 0.490. The summed E-state index contributed by atoms with van der Waals surface area (Å²) in [5.41, 5.74) is 2.11. The molecule has 0 saturated heterocycles. The second-order valence-electron chi connectivity index (χ2n) is 4.22. The summed E-state index contributed by atoms with van der Waals surface area (Å²) < 4.78 is 5.00. The molecule has 7 nitrogen and oxygen atoms in total. The van der Waals surface area contributed by atoms with E-state index in [1.165, 1.54) is 0 Å². The van der Waals surface area contributed by atoms with Gasteiger partial charge in [-0.25, -0.2) is 5.84 Å². The zero-order valence-corrected chi connectivity index (χ0v) is 10.2. The number of hydrogen-bond acceptors (Lipinski definition) is 6. The number of methoxy groups -OCH3 is 1. The van der Waals surface area contributed by atoms with Crippen molar-refractivity contribution in [3.05, 3.63) is 17.8 Å². The third-order valence-corrected chi connectivity index (χ3v) is 2.00. The second kappa shape index (κ2) is 5.55. The van der Waals surface area contributed by atoms with Gasteiger partial charge in [-0.05, 0) is 26.0 Å². The van der Waals surface area contributed by atoms with E-state index in [0.717, 1.165) is 0 Å². The lowest BCUT2D eigenvalue weighted by molar-refractivity contribution is 0.0814. The molecule has 1 amide bonds. The number of hydrogen-bond donors (Lipinski definition) is 3. The minimum Gasteiger partial charge on any atom is -0.382 e. The maximum absolute atomic E-state index is 11.8. The predicted molar refractivity (Wildman–Crippen MR) is 63.3 cm³/mol. The molecule has 17 heavy (non-hydrogen) atoms. The maximum Gasteiger partial charge on any atom is 0.272 e. The van der Waals surface area contributed by atoms with Gasteiger partial charge in [0.2, 0.25) is 0 Å². The lowest BCUT2D eigenvalue weighted by Crippen LogP contribution is -2.47. The molecule has 0 aliphatic rings. The molecule has 4 N–H and O–H groups in total. The Morgan fingerprint density at radius 3 is 2.65 bits per heavy atom. The number of nitrogen functional groups attached to an aromatic ring is 1. The van der Waals surface area contributed by atoms with E-state index in [1.807, 2.05) is 13.8 Å². The molecule has 1 aromatic heterocycles. The van der Waals surface area contributed by atoms with Crippen molar-refractivity contribution in [2.75, 3.05) is 19.1 Å². The van der Waals surface area contributed by atoms with Crippen LogP contribution in [0.1, 0.15) is 24.3 Å². The highest BCUT2D eigenvalue weighted by Crippen LogP contribution is 2.05. The van der Waals surface area contributed by atoms with Crippen LogP contribution in [0.4, 0.5) is 5.82 Å². The largest absolute Gasteiger partial charge is 0.382 e. The molecule has 0 fully saturated rings. The Labute approximate surface area is 99.7 Å². The first kappa shape index (κ1) is 13.3. The Morgan fingerprint density at radius 1 is 1.47 bits per heavy atom. The smallest absolute Gasteiger partial charge is 0.272 e. The summed E-state index contributed by atoms with van der Waals surface area (Å²) in [6.45, 7) is 4.13.